The molecule has 2 aliphatic rings. The molecule has 2 saturated carbocycles. The van der Waals surface area contributed by atoms with E-state index < -0.39 is 18.6 Å². The summed E-state index contributed by atoms with van der Waals surface area (Å²) in [6.45, 7) is -0.556. The zero-order valence-corrected chi connectivity index (χ0v) is 11.2. The van der Waals surface area contributed by atoms with Gasteiger partial charge in [0.2, 0.25) is 5.91 Å². The molecule has 4 atom stereocenters. The molecule has 19 heavy (non-hydrogen) atoms. The summed E-state index contributed by atoms with van der Waals surface area (Å²) >= 11 is 0. The molecule has 0 bridgehead atoms. The van der Waals surface area contributed by atoms with Crippen LogP contribution in [-0.2, 0) is 9.59 Å². The van der Waals surface area contributed by atoms with E-state index in [1.807, 2.05) is 0 Å². The summed E-state index contributed by atoms with van der Waals surface area (Å²) in [5.41, 5.74) is 0. The molecular weight excluding hydrogens is 246 g/mol. The van der Waals surface area contributed by atoms with Crippen LogP contribution in [0.1, 0.15) is 44.9 Å². The highest BCUT2D eigenvalue weighted by atomic mass is 16.4. The topological polar surface area (TPSA) is 86.6 Å². The molecule has 0 spiro atoms. The maximum atomic E-state index is 12.1. The van der Waals surface area contributed by atoms with Gasteiger partial charge in [-0.15, -0.1) is 0 Å². The van der Waals surface area contributed by atoms with E-state index in [0.717, 1.165) is 25.2 Å². The summed E-state index contributed by atoms with van der Waals surface area (Å²) in [5.74, 6) is -0.0537. The lowest BCUT2D eigenvalue weighted by molar-refractivity contribution is -0.144. The number of rotatable bonds is 4. The minimum Gasteiger partial charge on any atom is -0.480 e. The molecule has 5 nitrogen and oxygen atoms in total. The Morgan fingerprint density at radius 1 is 1.11 bits per heavy atom. The standard InChI is InChI=1S/C14H23NO4/c16-8-12(14(18)19)15-13(17)11-6-5-9-3-1-2-4-10(9)7-11/h9-12,16H,1-8H2,(H,15,17)(H,18,19). The molecule has 2 rings (SSSR count). The Labute approximate surface area is 113 Å². The molecule has 0 aromatic rings. The number of fused-ring (bicyclic) bond motifs is 1. The summed E-state index contributed by atoms with van der Waals surface area (Å²) in [5, 5.41) is 20.2. The van der Waals surface area contributed by atoms with Crippen molar-refractivity contribution in [2.24, 2.45) is 17.8 Å². The van der Waals surface area contributed by atoms with Gasteiger partial charge >= 0.3 is 5.97 Å². The molecule has 5 heteroatoms. The van der Waals surface area contributed by atoms with Crippen molar-refractivity contribution in [3.63, 3.8) is 0 Å². The third kappa shape index (κ3) is 3.47. The number of hydrogen-bond donors (Lipinski definition) is 3. The Hall–Kier alpha value is -1.10. The van der Waals surface area contributed by atoms with Gasteiger partial charge in [-0.3, -0.25) is 4.79 Å². The van der Waals surface area contributed by atoms with E-state index in [4.69, 9.17) is 10.2 Å². The van der Waals surface area contributed by atoms with Gasteiger partial charge in [-0.1, -0.05) is 25.7 Å². The van der Waals surface area contributed by atoms with Crippen LogP contribution in [0.5, 0.6) is 0 Å². The summed E-state index contributed by atoms with van der Waals surface area (Å²) in [7, 11) is 0. The van der Waals surface area contributed by atoms with Crippen LogP contribution in [0, 0.1) is 17.8 Å². The average molecular weight is 269 g/mol. The number of carboxylic acid groups (broad SMARTS) is 1. The first-order chi connectivity index (χ1) is 9.11. The highest BCUT2D eigenvalue weighted by Gasteiger charge is 2.35. The van der Waals surface area contributed by atoms with Crippen LogP contribution >= 0.6 is 0 Å². The van der Waals surface area contributed by atoms with Gasteiger partial charge in [-0.25, -0.2) is 4.79 Å². The number of aliphatic carboxylic acids is 1. The Balaban J connectivity index is 1.88. The van der Waals surface area contributed by atoms with Crippen molar-refractivity contribution in [1.29, 1.82) is 0 Å². The van der Waals surface area contributed by atoms with Gasteiger partial charge in [0, 0.05) is 5.92 Å². The summed E-state index contributed by atoms with van der Waals surface area (Å²) in [6.07, 6.45) is 7.87. The second-order valence-electron chi connectivity index (χ2n) is 5.90. The van der Waals surface area contributed by atoms with E-state index in [-0.39, 0.29) is 11.8 Å². The van der Waals surface area contributed by atoms with E-state index in [2.05, 4.69) is 5.32 Å². The number of carbonyl (C=O) groups is 2. The second-order valence-corrected chi connectivity index (χ2v) is 5.90. The SMILES string of the molecule is O=C(NC(CO)C(=O)O)C1CCC2CCCCC2C1. The smallest absolute Gasteiger partial charge is 0.328 e. The first-order valence-corrected chi connectivity index (χ1v) is 7.26. The van der Waals surface area contributed by atoms with E-state index >= 15 is 0 Å². The molecule has 3 N–H and O–H groups in total. The third-order valence-corrected chi connectivity index (χ3v) is 4.71. The minimum absolute atomic E-state index is 0.0762. The van der Waals surface area contributed by atoms with E-state index in [1.54, 1.807) is 0 Å². The molecule has 0 aliphatic heterocycles. The fraction of sp³-hybridized carbons (Fsp3) is 0.857. The van der Waals surface area contributed by atoms with Gasteiger partial charge < -0.3 is 15.5 Å². The summed E-state index contributed by atoms with van der Waals surface area (Å²) in [4.78, 5) is 22.9. The quantitative estimate of drug-likeness (QED) is 0.714. The molecule has 0 aromatic carbocycles. The number of aliphatic hydroxyl groups is 1. The number of aliphatic hydroxyl groups excluding tert-OH is 1. The van der Waals surface area contributed by atoms with Crippen molar-refractivity contribution >= 4 is 11.9 Å². The lowest BCUT2D eigenvalue weighted by Gasteiger charge is -2.38. The van der Waals surface area contributed by atoms with Gasteiger partial charge in [-0.2, -0.15) is 0 Å². The third-order valence-electron chi connectivity index (χ3n) is 4.71. The Bertz CT molecular complexity index is 344. The Morgan fingerprint density at radius 2 is 1.79 bits per heavy atom. The van der Waals surface area contributed by atoms with Crippen molar-refractivity contribution in [1.82, 2.24) is 5.32 Å². The van der Waals surface area contributed by atoms with E-state index in [0.29, 0.717) is 5.92 Å². The van der Waals surface area contributed by atoms with Gasteiger partial charge in [0.15, 0.2) is 0 Å². The number of nitrogens with one attached hydrogen (secondary N) is 1. The molecule has 2 aliphatic carbocycles. The average Bonchev–Trinajstić information content (AvgIpc) is 2.43. The van der Waals surface area contributed by atoms with Crippen molar-refractivity contribution in [3.8, 4) is 0 Å². The van der Waals surface area contributed by atoms with Gasteiger partial charge in [0.1, 0.15) is 6.04 Å². The lowest BCUT2D eigenvalue weighted by Crippen LogP contribution is -2.47. The molecule has 2 fully saturated rings. The molecule has 0 radical (unpaired) electrons. The zero-order chi connectivity index (χ0) is 13.8. The molecule has 1 amide bonds. The van der Waals surface area contributed by atoms with Crippen molar-refractivity contribution in [2.75, 3.05) is 6.61 Å². The van der Waals surface area contributed by atoms with E-state index in [1.165, 1.54) is 25.7 Å². The normalized spacial score (nSPS) is 32.2. The fourth-order valence-corrected chi connectivity index (χ4v) is 3.59. The van der Waals surface area contributed by atoms with Crippen LogP contribution in [0.3, 0.4) is 0 Å². The zero-order valence-electron chi connectivity index (χ0n) is 11.2. The van der Waals surface area contributed by atoms with Crippen molar-refractivity contribution in [3.05, 3.63) is 0 Å². The molecule has 0 heterocycles. The lowest BCUT2D eigenvalue weighted by atomic mass is 9.67. The second kappa shape index (κ2) is 6.37. The number of hydrogen-bond acceptors (Lipinski definition) is 3. The Morgan fingerprint density at radius 3 is 2.42 bits per heavy atom. The van der Waals surface area contributed by atoms with Crippen molar-refractivity contribution in [2.45, 2.75) is 51.0 Å². The van der Waals surface area contributed by atoms with Crippen LogP contribution in [0.15, 0.2) is 0 Å². The monoisotopic (exact) mass is 269 g/mol. The molecular formula is C14H23NO4. The number of carboxylic acids is 1. The van der Waals surface area contributed by atoms with Crippen LogP contribution in [0.25, 0.3) is 0 Å². The highest BCUT2D eigenvalue weighted by molar-refractivity contribution is 5.85. The molecule has 0 aromatic heterocycles. The highest BCUT2D eigenvalue weighted by Crippen LogP contribution is 2.42. The number of carbonyl (C=O) groups excluding carboxylic acids is 1. The maximum Gasteiger partial charge on any atom is 0.328 e. The predicted molar refractivity (Wildman–Crippen MR) is 69.4 cm³/mol. The van der Waals surface area contributed by atoms with Crippen LogP contribution < -0.4 is 5.32 Å². The number of amides is 1. The molecule has 108 valence electrons. The van der Waals surface area contributed by atoms with Gasteiger partial charge in [0.05, 0.1) is 6.61 Å². The van der Waals surface area contributed by atoms with Crippen molar-refractivity contribution < 1.29 is 19.8 Å². The predicted octanol–water partition coefficient (Wildman–Crippen LogP) is 1.15. The summed E-state index contributed by atoms with van der Waals surface area (Å²) in [6, 6.07) is -1.17. The Kier molecular flexibility index (Phi) is 4.80. The van der Waals surface area contributed by atoms with Crippen LogP contribution in [0.2, 0.25) is 0 Å². The molecule has 4 unspecified atom stereocenters. The molecule has 0 saturated heterocycles. The fourth-order valence-electron chi connectivity index (χ4n) is 3.59. The van der Waals surface area contributed by atoms with Gasteiger partial charge in [-0.05, 0) is 31.1 Å². The van der Waals surface area contributed by atoms with Gasteiger partial charge in [0.25, 0.3) is 0 Å². The first-order valence-electron chi connectivity index (χ1n) is 7.26. The first kappa shape index (κ1) is 14.3. The minimum atomic E-state index is -1.18. The maximum absolute atomic E-state index is 12.1. The van der Waals surface area contributed by atoms with Crippen LogP contribution in [-0.4, -0.2) is 34.7 Å². The summed E-state index contributed by atoms with van der Waals surface area (Å²) < 4.78 is 0. The van der Waals surface area contributed by atoms with Crippen LogP contribution in [0.4, 0.5) is 0 Å². The largest absolute Gasteiger partial charge is 0.480 e. The van der Waals surface area contributed by atoms with E-state index in [9.17, 15) is 9.59 Å².